The van der Waals surface area contributed by atoms with Gasteiger partial charge in [0, 0.05) is 18.4 Å². The van der Waals surface area contributed by atoms with Gasteiger partial charge in [-0.25, -0.2) is 9.28 Å². The van der Waals surface area contributed by atoms with E-state index in [0.717, 1.165) is 24.0 Å². The van der Waals surface area contributed by atoms with Gasteiger partial charge in [0.1, 0.15) is 12.5 Å². The minimum atomic E-state index is -0.216. The molecule has 2 unspecified atom stereocenters. The Morgan fingerprint density at radius 3 is 2.70 bits per heavy atom. The quantitative estimate of drug-likeness (QED) is 0.625. The maximum Gasteiger partial charge on any atom is 0.346 e. The van der Waals surface area contributed by atoms with Crippen molar-refractivity contribution in [1.82, 2.24) is 0 Å². The van der Waals surface area contributed by atoms with Crippen LogP contribution in [0.4, 0.5) is 0 Å². The van der Waals surface area contributed by atoms with Gasteiger partial charge in [-0.15, -0.1) is 0 Å². The number of esters is 1. The summed E-state index contributed by atoms with van der Waals surface area (Å²) in [5, 5.41) is 0. The van der Waals surface area contributed by atoms with Crippen LogP contribution < -0.4 is 0 Å². The van der Waals surface area contributed by atoms with Crippen LogP contribution in [-0.4, -0.2) is 36.1 Å². The van der Waals surface area contributed by atoms with Crippen molar-refractivity contribution in [3.05, 3.63) is 35.4 Å². The summed E-state index contributed by atoms with van der Waals surface area (Å²) in [6, 6.07) is 7.94. The van der Waals surface area contributed by atoms with Crippen molar-refractivity contribution in [3.8, 4) is 0 Å². The number of nitrogens with zero attached hydrogens (tertiary/aromatic N) is 1. The molecule has 2 aliphatic rings. The fourth-order valence-electron chi connectivity index (χ4n) is 3.38. The fourth-order valence-corrected chi connectivity index (χ4v) is 3.38. The predicted octanol–water partition coefficient (Wildman–Crippen LogP) is 2.44. The van der Waals surface area contributed by atoms with Gasteiger partial charge in [0.15, 0.2) is 0 Å². The molecule has 106 valence electrons. The number of amides is 1. The van der Waals surface area contributed by atoms with Crippen LogP contribution in [0.5, 0.6) is 0 Å². The van der Waals surface area contributed by atoms with Gasteiger partial charge in [0.25, 0.3) is 0 Å². The molecular formula is C16H20NO3+. The molecule has 2 atom stereocenters. The lowest BCUT2D eigenvalue weighted by Gasteiger charge is -2.33. The van der Waals surface area contributed by atoms with Gasteiger partial charge in [-0.1, -0.05) is 18.2 Å². The minimum absolute atomic E-state index is 0.0924. The Labute approximate surface area is 118 Å². The summed E-state index contributed by atoms with van der Waals surface area (Å²) < 4.78 is 5.43. The van der Waals surface area contributed by atoms with E-state index in [2.05, 4.69) is 0 Å². The third-order valence-electron chi connectivity index (χ3n) is 4.61. The van der Waals surface area contributed by atoms with Crippen LogP contribution in [0.15, 0.2) is 24.3 Å². The van der Waals surface area contributed by atoms with E-state index in [1.165, 1.54) is 0 Å². The Hall–Kier alpha value is -1.68. The maximum absolute atomic E-state index is 12.8. The lowest BCUT2D eigenvalue weighted by atomic mass is 10.0. The van der Waals surface area contributed by atoms with Gasteiger partial charge in [-0.05, 0) is 13.0 Å². The molecule has 3 rings (SSSR count). The first kappa shape index (κ1) is 13.3. The number of fused-ring (bicyclic) bond motifs is 1. The Balaban J connectivity index is 1.98. The largest absolute Gasteiger partial charge is 0.466 e. The third kappa shape index (κ3) is 1.86. The second-order valence-electron chi connectivity index (χ2n) is 5.80. The normalized spacial score (nSPS) is 28.3. The second kappa shape index (κ2) is 4.70. The predicted molar refractivity (Wildman–Crippen MR) is 74.0 cm³/mol. The fraction of sp³-hybridized carbons (Fsp3) is 0.500. The van der Waals surface area contributed by atoms with Crippen LogP contribution in [0.25, 0.3) is 0 Å². The highest BCUT2D eigenvalue weighted by molar-refractivity contribution is 5.94. The first-order chi connectivity index (χ1) is 9.59. The van der Waals surface area contributed by atoms with Crippen molar-refractivity contribution >= 4 is 11.9 Å². The molecule has 1 amide bonds. The number of hydrogen-bond acceptors (Lipinski definition) is 3. The Bertz CT molecular complexity index is 565. The molecule has 20 heavy (non-hydrogen) atoms. The van der Waals surface area contributed by atoms with Crippen LogP contribution in [0.1, 0.15) is 48.1 Å². The molecule has 4 nitrogen and oxygen atoms in total. The number of benzene rings is 1. The van der Waals surface area contributed by atoms with E-state index in [1.807, 2.05) is 31.3 Å². The van der Waals surface area contributed by atoms with Crippen molar-refractivity contribution in [3.63, 3.8) is 0 Å². The highest BCUT2D eigenvalue weighted by Gasteiger charge is 2.58. The van der Waals surface area contributed by atoms with Crippen molar-refractivity contribution in [2.45, 2.75) is 38.3 Å². The second-order valence-corrected chi connectivity index (χ2v) is 5.80. The zero-order chi connectivity index (χ0) is 14.3. The first-order valence-corrected chi connectivity index (χ1v) is 7.24. The molecule has 1 aromatic carbocycles. The molecule has 1 aliphatic carbocycles. The summed E-state index contributed by atoms with van der Waals surface area (Å²) in [4.78, 5) is 24.7. The lowest BCUT2D eigenvalue weighted by Crippen LogP contribution is -2.49. The standard InChI is InChI=1S/C16H20NO3/c1-3-20-15(18)10-14-12-6-4-5-7-13(12)16(19)17(14,2)11-8-9-11/h4-7,11,14H,3,8-10H2,1-2H3/q+1. The molecule has 0 saturated heterocycles. The van der Waals surface area contributed by atoms with E-state index in [1.54, 1.807) is 6.92 Å². The molecule has 4 heteroatoms. The van der Waals surface area contributed by atoms with Gasteiger partial charge >= 0.3 is 11.9 Å². The summed E-state index contributed by atoms with van der Waals surface area (Å²) in [5.41, 5.74) is 1.77. The van der Waals surface area contributed by atoms with Crippen molar-refractivity contribution in [2.24, 2.45) is 0 Å². The number of ether oxygens (including phenoxy) is 1. The molecule has 0 radical (unpaired) electrons. The van der Waals surface area contributed by atoms with Gasteiger partial charge < -0.3 is 4.74 Å². The van der Waals surface area contributed by atoms with E-state index in [-0.39, 0.29) is 24.3 Å². The Morgan fingerprint density at radius 1 is 1.35 bits per heavy atom. The van der Waals surface area contributed by atoms with Gasteiger partial charge in [0.2, 0.25) is 0 Å². The Kier molecular flexibility index (Phi) is 3.13. The van der Waals surface area contributed by atoms with Gasteiger partial charge in [-0.2, -0.15) is 0 Å². The summed E-state index contributed by atoms with van der Waals surface area (Å²) in [7, 11) is 1.98. The molecule has 1 aromatic rings. The third-order valence-corrected chi connectivity index (χ3v) is 4.61. The molecule has 0 N–H and O–H groups in total. The van der Waals surface area contributed by atoms with Crippen LogP contribution in [0.2, 0.25) is 0 Å². The summed E-state index contributed by atoms with van der Waals surface area (Å²) in [5.74, 6) is -0.0654. The average molecular weight is 274 g/mol. The smallest absolute Gasteiger partial charge is 0.346 e. The van der Waals surface area contributed by atoms with Crippen LogP contribution in [-0.2, 0) is 9.53 Å². The highest BCUT2D eigenvalue weighted by Crippen LogP contribution is 2.49. The number of carbonyl (C=O) groups is 2. The van der Waals surface area contributed by atoms with Crippen molar-refractivity contribution in [2.75, 3.05) is 13.7 Å². The summed E-state index contributed by atoms with van der Waals surface area (Å²) in [6.45, 7) is 2.19. The Morgan fingerprint density at radius 2 is 2.05 bits per heavy atom. The van der Waals surface area contributed by atoms with Crippen LogP contribution in [0, 0.1) is 0 Å². The van der Waals surface area contributed by atoms with E-state index in [4.69, 9.17) is 4.74 Å². The first-order valence-electron chi connectivity index (χ1n) is 7.24. The summed E-state index contributed by atoms with van der Waals surface area (Å²) in [6.07, 6.45) is 2.41. The topological polar surface area (TPSA) is 43.4 Å². The maximum atomic E-state index is 12.8. The van der Waals surface area contributed by atoms with Gasteiger partial charge in [0.05, 0.1) is 25.3 Å². The minimum Gasteiger partial charge on any atom is -0.466 e. The molecule has 1 aliphatic heterocycles. The van der Waals surface area contributed by atoms with E-state index in [0.29, 0.717) is 17.1 Å². The van der Waals surface area contributed by atoms with Gasteiger partial charge in [-0.3, -0.25) is 4.79 Å². The van der Waals surface area contributed by atoms with E-state index >= 15 is 0 Å². The number of hydrogen-bond donors (Lipinski definition) is 0. The highest BCUT2D eigenvalue weighted by atomic mass is 16.5. The van der Waals surface area contributed by atoms with Crippen LogP contribution in [0.3, 0.4) is 0 Å². The van der Waals surface area contributed by atoms with Crippen LogP contribution >= 0.6 is 0 Å². The van der Waals surface area contributed by atoms with E-state index in [9.17, 15) is 9.59 Å². The average Bonchev–Trinajstić information content (AvgIpc) is 3.26. The summed E-state index contributed by atoms with van der Waals surface area (Å²) >= 11 is 0. The number of carbonyl (C=O) groups excluding carboxylic acids is 2. The molecule has 0 spiro atoms. The SMILES string of the molecule is CCOC(=O)CC1c2ccccc2C(=O)[N+]1(C)C1CC1. The van der Waals surface area contributed by atoms with Crippen molar-refractivity contribution < 1.29 is 18.8 Å². The number of rotatable bonds is 4. The molecule has 1 heterocycles. The zero-order valence-corrected chi connectivity index (χ0v) is 12.0. The molecule has 0 bridgehead atoms. The monoisotopic (exact) mass is 274 g/mol. The molecular weight excluding hydrogens is 254 g/mol. The zero-order valence-electron chi connectivity index (χ0n) is 12.0. The molecule has 1 fully saturated rings. The number of quaternary nitrogens is 1. The molecule has 0 aromatic heterocycles. The molecule has 1 saturated carbocycles. The lowest BCUT2D eigenvalue weighted by molar-refractivity contribution is -0.867. The van der Waals surface area contributed by atoms with Crippen molar-refractivity contribution in [1.29, 1.82) is 0 Å². The van der Waals surface area contributed by atoms with E-state index < -0.39 is 0 Å².